The van der Waals surface area contributed by atoms with Crippen molar-refractivity contribution >= 4 is 17.8 Å². The summed E-state index contributed by atoms with van der Waals surface area (Å²) in [4.78, 5) is 22.9. The van der Waals surface area contributed by atoms with Crippen molar-refractivity contribution in [3.05, 3.63) is 54.7 Å². The largest absolute Gasteiger partial charge is 0.391 e. The number of esters is 2. The summed E-state index contributed by atoms with van der Waals surface area (Å²) in [6.07, 6.45) is 3.28. The Bertz CT molecular complexity index is 702. The lowest BCUT2D eigenvalue weighted by atomic mass is 10.3. The van der Waals surface area contributed by atoms with Gasteiger partial charge in [0.2, 0.25) is 0 Å². The van der Waals surface area contributed by atoms with Crippen molar-refractivity contribution in [2.75, 3.05) is 5.32 Å². The molecule has 2 rings (SSSR count). The van der Waals surface area contributed by atoms with Crippen molar-refractivity contribution in [2.24, 2.45) is 0 Å². The summed E-state index contributed by atoms with van der Waals surface area (Å²) >= 11 is 0. The Morgan fingerprint density at radius 2 is 1.71 bits per heavy atom. The summed E-state index contributed by atoms with van der Waals surface area (Å²) in [5.41, 5.74) is 0.857. The summed E-state index contributed by atoms with van der Waals surface area (Å²) in [5.74, 6) is -0.569. The van der Waals surface area contributed by atoms with Crippen molar-refractivity contribution in [3.63, 3.8) is 0 Å². The summed E-state index contributed by atoms with van der Waals surface area (Å²) in [7, 11) is 0. The van der Waals surface area contributed by atoms with Crippen LogP contribution in [0.5, 0.6) is 0 Å². The van der Waals surface area contributed by atoms with Gasteiger partial charge in [-0.2, -0.15) is 5.10 Å². The van der Waals surface area contributed by atoms with Gasteiger partial charge >= 0.3 is 17.9 Å². The molecule has 0 radical (unpaired) electrons. The molecular weight excluding hydrogens is 310 g/mol. The van der Waals surface area contributed by atoms with E-state index in [0.29, 0.717) is 5.82 Å². The number of benzene rings is 1. The summed E-state index contributed by atoms with van der Waals surface area (Å²) < 4.78 is 11.7. The van der Waals surface area contributed by atoms with Crippen LogP contribution in [0.2, 0.25) is 0 Å². The molecule has 7 nitrogen and oxygen atoms in total. The number of rotatable bonds is 7. The van der Waals surface area contributed by atoms with E-state index >= 15 is 0 Å². The molecule has 0 saturated heterocycles. The summed E-state index contributed by atoms with van der Waals surface area (Å²) in [6, 6.07) is 11.2. The van der Waals surface area contributed by atoms with E-state index in [4.69, 9.17) is 9.47 Å². The molecule has 0 bridgehead atoms. The third-order valence-electron chi connectivity index (χ3n) is 2.99. The SMILES string of the molecule is CCC(=O)OC(=CNc1ccnn1-c1ccccc1)OC(=O)CC. The lowest BCUT2D eigenvalue weighted by Gasteiger charge is -2.10. The van der Waals surface area contributed by atoms with Crippen LogP contribution >= 0.6 is 0 Å². The van der Waals surface area contributed by atoms with Gasteiger partial charge in [0.15, 0.2) is 0 Å². The number of para-hydroxylation sites is 1. The molecule has 0 aliphatic heterocycles. The smallest absolute Gasteiger partial charge is 0.313 e. The number of ether oxygens (including phenoxy) is 2. The molecule has 0 spiro atoms. The first-order valence-electron chi connectivity index (χ1n) is 7.61. The van der Waals surface area contributed by atoms with Crippen LogP contribution in [-0.2, 0) is 19.1 Å². The van der Waals surface area contributed by atoms with Crippen LogP contribution in [0.25, 0.3) is 5.69 Å². The number of nitrogens with one attached hydrogen (secondary N) is 1. The monoisotopic (exact) mass is 329 g/mol. The average molecular weight is 329 g/mol. The number of anilines is 1. The highest BCUT2D eigenvalue weighted by atomic mass is 16.7. The molecule has 0 aliphatic carbocycles. The Balaban J connectivity index is 2.18. The molecular formula is C17H19N3O4. The molecule has 1 heterocycles. The van der Waals surface area contributed by atoms with Crippen molar-refractivity contribution in [1.82, 2.24) is 9.78 Å². The van der Waals surface area contributed by atoms with Gasteiger partial charge in [0, 0.05) is 18.9 Å². The lowest BCUT2D eigenvalue weighted by molar-refractivity contribution is -0.153. The Labute approximate surface area is 139 Å². The van der Waals surface area contributed by atoms with Crippen LogP contribution in [0.4, 0.5) is 5.82 Å². The van der Waals surface area contributed by atoms with Crippen LogP contribution in [-0.4, -0.2) is 21.7 Å². The van der Waals surface area contributed by atoms with E-state index in [1.165, 1.54) is 6.20 Å². The highest BCUT2D eigenvalue weighted by Crippen LogP contribution is 2.15. The molecule has 0 aliphatic rings. The van der Waals surface area contributed by atoms with Gasteiger partial charge in [0.1, 0.15) is 5.82 Å². The molecule has 0 saturated carbocycles. The minimum atomic E-state index is -0.497. The highest BCUT2D eigenvalue weighted by Gasteiger charge is 2.11. The Morgan fingerprint density at radius 3 is 2.29 bits per heavy atom. The quantitative estimate of drug-likeness (QED) is 0.621. The summed E-state index contributed by atoms with van der Waals surface area (Å²) in [5, 5.41) is 7.16. The third kappa shape index (κ3) is 4.70. The van der Waals surface area contributed by atoms with E-state index in [1.807, 2.05) is 30.3 Å². The first-order valence-corrected chi connectivity index (χ1v) is 7.61. The van der Waals surface area contributed by atoms with Gasteiger partial charge in [-0.05, 0) is 12.1 Å². The Morgan fingerprint density at radius 1 is 1.08 bits per heavy atom. The fraction of sp³-hybridized carbons (Fsp3) is 0.235. The zero-order chi connectivity index (χ0) is 17.4. The van der Waals surface area contributed by atoms with Crippen molar-refractivity contribution in [1.29, 1.82) is 0 Å². The normalized spacial score (nSPS) is 9.92. The third-order valence-corrected chi connectivity index (χ3v) is 2.99. The van der Waals surface area contributed by atoms with E-state index in [9.17, 15) is 9.59 Å². The van der Waals surface area contributed by atoms with E-state index in [-0.39, 0.29) is 18.8 Å². The molecule has 1 aromatic carbocycles. The molecule has 7 heteroatoms. The second kappa shape index (κ2) is 8.52. The molecule has 0 amide bonds. The molecule has 126 valence electrons. The van der Waals surface area contributed by atoms with Crippen LogP contribution in [0.1, 0.15) is 26.7 Å². The van der Waals surface area contributed by atoms with Crippen LogP contribution < -0.4 is 5.32 Å². The lowest BCUT2D eigenvalue weighted by Crippen LogP contribution is -2.12. The van der Waals surface area contributed by atoms with E-state index in [1.54, 1.807) is 30.8 Å². The second-order valence-electron chi connectivity index (χ2n) is 4.73. The number of carbonyl (C=O) groups is 2. The van der Waals surface area contributed by atoms with Crippen LogP contribution in [0, 0.1) is 0 Å². The maximum Gasteiger partial charge on any atom is 0.313 e. The molecule has 1 N–H and O–H groups in total. The molecule has 24 heavy (non-hydrogen) atoms. The predicted octanol–water partition coefficient (Wildman–Crippen LogP) is 2.99. The zero-order valence-corrected chi connectivity index (χ0v) is 13.6. The zero-order valence-electron chi connectivity index (χ0n) is 13.6. The number of hydrogen-bond acceptors (Lipinski definition) is 6. The fourth-order valence-electron chi connectivity index (χ4n) is 1.77. The topological polar surface area (TPSA) is 82.4 Å². The molecule has 0 atom stereocenters. The first-order chi connectivity index (χ1) is 11.6. The van der Waals surface area contributed by atoms with E-state index in [2.05, 4.69) is 10.4 Å². The fourth-order valence-corrected chi connectivity index (χ4v) is 1.77. The van der Waals surface area contributed by atoms with Gasteiger partial charge in [-0.3, -0.25) is 9.59 Å². The Kier molecular flexibility index (Phi) is 6.13. The molecule has 1 aromatic heterocycles. The maximum absolute atomic E-state index is 11.4. The van der Waals surface area contributed by atoms with Gasteiger partial charge in [-0.1, -0.05) is 32.0 Å². The average Bonchev–Trinajstić information content (AvgIpc) is 3.08. The number of nitrogens with zero attached hydrogens (tertiary/aromatic N) is 2. The molecule has 0 unspecified atom stereocenters. The van der Waals surface area contributed by atoms with E-state index in [0.717, 1.165) is 5.69 Å². The second-order valence-corrected chi connectivity index (χ2v) is 4.73. The number of hydrogen-bond donors (Lipinski definition) is 1. The van der Waals surface area contributed by atoms with Gasteiger partial charge in [-0.15, -0.1) is 0 Å². The highest BCUT2D eigenvalue weighted by molar-refractivity contribution is 5.72. The van der Waals surface area contributed by atoms with Crippen LogP contribution in [0.15, 0.2) is 54.7 Å². The van der Waals surface area contributed by atoms with Gasteiger partial charge in [-0.25, -0.2) is 4.68 Å². The van der Waals surface area contributed by atoms with Gasteiger partial charge in [0.25, 0.3) is 0 Å². The first kappa shape index (κ1) is 17.3. The van der Waals surface area contributed by atoms with Crippen molar-refractivity contribution < 1.29 is 19.1 Å². The standard InChI is InChI=1S/C17H19N3O4/c1-3-15(21)23-17(24-16(22)4-2)12-18-14-10-11-19-20(14)13-8-6-5-7-9-13/h5-12,18H,3-4H2,1-2H3. The predicted molar refractivity (Wildman–Crippen MR) is 88.0 cm³/mol. The van der Waals surface area contributed by atoms with Gasteiger partial charge in [0.05, 0.1) is 18.1 Å². The maximum atomic E-state index is 11.4. The minimum Gasteiger partial charge on any atom is -0.391 e. The van der Waals surface area contributed by atoms with Crippen molar-refractivity contribution in [3.8, 4) is 5.69 Å². The number of carbonyl (C=O) groups excluding carboxylic acids is 2. The minimum absolute atomic E-state index is 0.170. The van der Waals surface area contributed by atoms with E-state index < -0.39 is 11.9 Å². The van der Waals surface area contributed by atoms with Crippen molar-refractivity contribution in [2.45, 2.75) is 26.7 Å². The molecule has 0 fully saturated rings. The summed E-state index contributed by atoms with van der Waals surface area (Å²) in [6.45, 7) is 3.30. The Hall–Kier alpha value is -3.09. The van der Waals surface area contributed by atoms with Crippen LogP contribution in [0.3, 0.4) is 0 Å². The number of aromatic nitrogens is 2. The van der Waals surface area contributed by atoms with Gasteiger partial charge < -0.3 is 14.8 Å². The molecule has 2 aromatic rings.